The Balaban J connectivity index is 1.97. The minimum Gasteiger partial charge on any atom is -0.491 e. The molecule has 0 saturated heterocycles. The molecular formula is C16H22BrNO2. The van der Waals surface area contributed by atoms with Gasteiger partial charge in [0.2, 0.25) is 0 Å². The minimum atomic E-state index is 0.0669. The summed E-state index contributed by atoms with van der Waals surface area (Å²) >= 11 is 3.58. The molecule has 0 unspecified atom stereocenters. The molecule has 0 N–H and O–H groups in total. The molecule has 20 heavy (non-hydrogen) atoms. The maximum Gasteiger partial charge on any atom is 0.253 e. The predicted molar refractivity (Wildman–Crippen MR) is 84.6 cm³/mol. The van der Waals surface area contributed by atoms with E-state index in [1.54, 1.807) is 0 Å². The van der Waals surface area contributed by atoms with Gasteiger partial charge in [0.05, 0.1) is 6.10 Å². The van der Waals surface area contributed by atoms with Gasteiger partial charge in [-0.05, 0) is 50.8 Å². The van der Waals surface area contributed by atoms with Crippen molar-refractivity contribution in [3.8, 4) is 5.75 Å². The molecule has 4 heteroatoms. The van der Waals surface area contributed by atoms with Crippen LogP contribution in [0.25, 0.3) is 0 Å². The van der Waals surface area contributed by atoms with E-state index in [1.807, 2.05) is 50.1 Å². The van der Waals surface area contributed by atoms with Crippen LogP contribution in [0.15, 0.2) is 24.3 Å². The van der Waals surface area contributed by atoms with Gasteiger partial charge < -0.3 is 9.64 Å². The lowest BCUT2D eigenvalue weighted by molar-refractivity contribution is 0.0748. The van der Waals surface area contributed by atoms with E-state index in [9.17, 15) is 4.79 Å². The van der Waals surface area contributed by atoms with Gasteiger partial charge in [-0.1, -0.05) is 22.0 Å². The van der Waals surface area contributed by atoms with Crippen LogP contribution < -0.4 is 4.74 Å². The monoisotopic (exact) mass is 339 g/mol. The van der Waals surface area contributed by atoms with Crippen molar-refractivity contribution in [2.24, 2.45) is 5.92 Å². The van der Waals surface area contributed by atoms with Gasteiger partial charge in [0.15, 0.2) is 0 Å². The highest BCUT2D eigenvalue weighted by Gasteiger charge is 2.29. The number of hydrogen-bond donors (Lipinski definition) is 0. The van der Waals surface area contributed by atoms with Crippen LogP contribution in [0.4, 0.5) is 0 Å². The Morgan fingerprint density at radius 3 is 2.75 bits per heavy atom. The molecular weight excluding hydrogens is 318 g/mol. The van der Waals surface area contributed by atoms with E-state index in [2.05, 4.69) is 15.9 Å². The van der Waals surface area contributed by atoms with Gasteiger partial charge in [0.25, 0.3) is 5.91 Å². The lowest BCUT2D eigenvalue weighted by Crippen LogP contribution is -2.37. The second-order valence-corrected chi connectivity index (χ2v) is 7.11. The molecule has 0 aliphatic heterocycles. The number of hydrogen-bond acceptors (Lipinski definition) is 2. The minimum absolute atomic E-state index is 0.0669. The van der Waals surface area contributed by atoms with Gasteiger partial charge in [0.1, 0.15) is 5.75 Å². The van der Waals surface area contributed by atoms with Crippen LogP contribution >= 0.6 is 15.9 Å². The number of ether oxygens (including phenoxy) is 1. The summed E-state index contributed by atoms with van der Waals surface area (Å²) < 4.78 is 5.64. The second-order valence-electron chi connectivity index (χ2n) is 5.81. The van der Waals surface area contributed by atoms with E-state index in [0.29, 0.717) is 16.3 Å². The number of alkyl halides is 1. The van der Waals surface area contributed by atoms with Gasteiger partial charge in [-0.15, -0.1) is 0 Å². The SMILES string of the molecule is CC(C)Oc1cccc(C(=O)N(C)CC2CC(Br)C2)c1. The van der Waals surface area contributed by atoms with Crippen molar-refractivity contribution in [1.82, 2.24) is 4.90 Å². The molecule has 0 radical (unpaired) electrons. The molecule has 1 amide bonds. The number of amides is 1. The summed E-state index contributed by atoms with van der Waals surface area (Å²) in [6, 6.07) is 7.43. The highest BCUT2D eigenvalue weighted by atomic mass is 79.9. The fraction of sp³-hybridized carbons (Fsp3) is 0.562. The fourth-order valence-electron chi connectivity index (χ4n) is 2.47. The van der Waals surface area contributed by atoms with E-state index in [4.69, 9.17) is 4.74 Å². The zero-order chi connectivity index (χ0) is 14.7. The van der Waals surface area contributed by atoms with Crippen molar-refractivity contribution in [3.05, 3.63) is 29.8 Å². The first-order chi connectivity index (χ1) is 9.45. The van der Waals surface area contributed by atoms with E-state index in [0.717, 1.165) is 25.1 Å². The lowest BCUT2D eigenvalue weighted by atomic mass is 9.85. The number of carbonyl (C=O) groups excluding carboxylic acids is 1. The molecule has 2 rings (SSSR count). The molecule has 0 heterocycles. The summed E-state index contributed by atoms with van der Waals surface area (Å²) in [7, 11) is 1.87. The highest BCUT2D eigenvalue weighted by Crippen LogP contribution is 2.33. The van der Waals surface area contributed by atoms with Gasteiger partial charge in [-0.25, -0.2) is 0 Å². The summed E-state index contributed by atoms with van der Waals surface area (Å²) in [5.41, 5.74) is 0.695. The second kappa shape index (κ2) is 6.61. The molecule has 1 saturated carbocycles. The van der Waals surface area contributed by atoms with Crippen LogP contribution in [0.1, 0.15) is 37.0 Å². The van der Waals surface area contributed by atoms with Crippen molar-refractivity contribution < 1.29 is 9.53 Å². The number of carbonyl (C=O) groups is 1. The number of halogens is 1. The van der Waals surface area contributed by atoms with Crippen LogP contribution in [0.2, 0.25) is 0 Å². The molecule has 0 atom stereocenters. The van der Waals surface area contributed by atoms with Crippen molar-refractivity contribution >= 4 is 21.8 Å². The Bertz CT molecular complexity index is 469. The first-order valence-corrected chi connectivity index (χ1v) is 8.03. The molecule has 0 spiro atoms. The molecule has 1 aliphatic rings. The molecule has 1 fully saturated rings. The van der Waals surface area contributed by atoms with Crippen LogP contribution in [0.5, 0.6) is 5.75 Å². The van der Waals surface area contributed by atoms with Crippen LogP contribution in [0, 0.1) is 5.92 Å². The Labute approximate surface area is 129 Å². The van der Waals surface area contributed by atoms with Crippen LogP contribution in [-0.2, 0) is 0 Å². The molecule has 3 nitrogen and oxygen atoms in total. The average molecular weight is 340 g/mol. The summed E-state index contributed by atoms with van der Waals surface area (Å²) in [5, 5.41) is 0. The van der Waals surface area contributed by atoms with Gasteiger partial charge in [0, 0.05) is 24.0 Å². The standard InChI is InChI=1S/C16H22BrNO2/c1-11(2)20-15-6-4-5-13(9-15)16(19)18(3)10-12-7-14(17)8-12/h4-6,9,11-12,14H,7-8,10H2,1-3H3. The number of benzene rings is 1. The fourth-order valence-corrected chi connectivity index (χ4v) is 3.53. The zero-order valence-corrected chi connectivity index (χ0v) is 13.9. The molecule has 0 aromatic heterocycles. The van der Waals surface area contributed by atoms with Gasteiger partial charge >= 0.3 is 0 Å². The zero-order valence-electron chi connectivity index (χ0n) is 12.3. The maximum absolute atomic E-state index is 12.4. The van der Waals surface area contributed by atoms with Gasteiger partial charge in [-0.2, -0.15) is 0 Å². The number of nitrogens with zero attached hydrogens (tertiary/aromatic N) is 1. The quantitative estimate of drug-likeness (QED) is 0.765. The first-order valence-electron chi connectivity index (χ1n) is 7.12. The lowest BCUT2D eigenvalue weighted by Gasteiger charge is -2.34. The molecule has 1 aliphatic carbocycles. The summed E-state index contributed by atoms with van der Waals surface area (Å²) in [6.07, 6.45) is 2.44. The normalized spacial score (nSPS) is 21.4. The predicted octanol–water partition coefficient (Wildman–Crippen LogP) is 3.72. The third-order valence-electron chi connectivity index (χ3n) is 3.51. The summed E-state index contributed by atoms with van der Waals surface area (Å²) in [4.78, 5) is 14.9. The highest BCUT2D eigenvalue weighted by molar-refractivity contribution is 9.09. The van der Waals surface area contributed by atoms with Gasteiger partial charge in [-0.3, -0.25) is 4.79 Å². The molecule has 1 aromatic rings. The third-order valence-corrected chi connectivity index (χ3v) is 4.26. The van der Waals surface area contributed by atoms with Crippen LogP contribution in [-0.4, -0.2) is 35.3 Å². The molecule has 1 aromatic carbocycles. The largest absolute Gasteiger partial charge is 0.491 e. The van der Waals surface area contributed by atoms with E-state index >= 15 is 0 Å². The molecule has 0 bridgehead atoms. The summed E-state index contributed by atoms with van der Waals surface area (Å²) in [6.45, 7) is 4.79. The Kier molecular flexibility index (Phi) is 5.08. The average Bonchev–Trinajstić information content (AvgIpc) is 2.35. The number of rotatable bonds is 5. The van der Waals surface area contributed by atoms with Crippen molar-refractivity contribution in [3.63, 3.8) is 0 Å². The van der Waals surface area contributed by atoms with Crippen molar-refractivity contribution in [2.45, 2.75) is 37.6 Å². The van der Waals surface area contributed by atoms with E-state index in [1.165, 1.54) is 0 Å². The topological polar surface area (TPSA) is 29.5 Å². The van der Waals surface area contributed by atoms with Crippen molar-refractivity contribution in [1.29, 1.82) is 0 Å². The Hall–Kier alpha value is -1.03. The smallest absolute Gasteiger partial charge is 0.253 e. The summed E-state index contributed by atoms with van der Waals surface area (Å²) in [5.74, 6) is 1.45. The maximum atomic E-state index is 12.4. The molecule has 110 valence electrons. The first kappa shape index (κ1) is 15.4. The third kappa shape index (κ3) is 3.98. The van der Waals surface area contributed by atoms with Crippen LogP contribution in [0.3, 0.4) is 0 Å². The van der Waals surface area contributed by atoms with E-state index < -0.39 is 0 Å². The Morgan fingerprint density at radius 1 is 1.45 bits per heavy atom. The Morgan fingerprint density at radius 2 is 2.15 bits per heavy atom. The van der Waals surface area contributed by atoms with Crippen molar-refractivity contribution in [2.75, 3.05) is 13.6 Å². The van der Waals surface area contributed by atoms with E-state index in [-0.39, 0.29) is 12.0 Å².